The minimum atomic E-state index is -0.138. The summed E-state index contributed by atoms with van der Waals surface area (Å²) >= 11 is 1.73. The molecule has 0 aliphatic rings. The van der Waals surface area contributed by atoms with Crippen molar-refractivity contribution in [2.24, 2.45) is 5.92 Å². The van der Waals surface area contributed by atoms with Crippen LogP contribution in [0.15, 0.2) is 41.3 Å². The number of rotatable bonds is 7. The highest BCUT2D eigenvalue weighted by atomic mass is 32.2. The first kappa shape index (κ1) is 17.9. The summed E-state index contributed by atoms with van der Waals surface area (Å²) in [6, 6.07) is 11.9. The van der Waals surface area contributed by atoms with Crippen LogP contribution in [0.4, 0.5) is 10.1 Å². The molecule has 0 unspecified atom stereocenters. The fraction of sp³-hybridized carbons (Fsp3) is 0.400. The molecule has 124 valence electrons. The molecule has 0 atom stereocenters. The molecule has 3 heteroatoms. The largest absolute Gasteiger partial charge is 0.388 e. The van der Waals surface area contributed by atoms with E-state index in [0.717, 1.165) is 24.1 Å². The number of benzene rings is 2. The lowest BCUT2D eigenvalue weighted by molar-refractivity contribution is 0.618. The van der Waals surface area contributed by atoms with E-state index < -0.39 is 0 Å². The van der Waals surface area contributed by atoms with Crippen molar-refractivity contribution < 1.29 is 4.39 Å². The van der Waals surface area contributed by atoms with Gasteiger partial charge < -0.3 is 5.32 Å². The van der Waals surface area contributed by atoms with Crippen LogP contribution in [0.3, 0.4) is 0 Å². The lowest BCUT2D eigenvalue weighted by Gasteiger charge is -2.14. The maximum Gasteiger partial charge on any atom is 0.129 e. The summed E-state index contributed by atoms with van der Waals surface area (Å²) in [7, 11) is 1.84. The number of halogens is 1. The van der Waals surface area contributed by atoms with Gasteiger partial charge in [-0.1, -0.05) is 39.0 Å². The molecule has 0 heterocycles. The zero-order valence-electron chi connectivity index (χ0n) is 14.4. The third kappa shape index (κ3) is 4.74. The summed E-state index contributed by atoms with van der Waals surface area (Å²) in [5.74, 6) is 1.14. The van der Waals surface area contributed by atoms with E-state index >= 15 is 0 Å². The van der Waals surface area contributed by atoms with E-state index in [1.54, 1.807) is 17.8 Å². The average Bonchev–Trinajstić information content (AvgIpc) is 2.53. The first-order chi connectivity index (χ1) is 11.0. The van der Waals surface area contributed by atoms with Crippen LogP contribution in [-0.4, -0.2) is 7.05 Å². The Hall–Kier alpha value is -1.48. The van der Waals surface area contributed by atoms with Gasteiger partial charge in [-0.2, -0.15) is 0 Å². The van der Waals surface area contributed by atoms with Crippen LogP contribution in [-0.2, 0) is 18.6 Å². The Kier molecular flexibility index (Phi) is 6.52. The molecule has 0 saturated heterocycles. The number of thioether (sulfide) groups is 1. The molecule has 0 aliphatic carbocycles. The van der Waals surface area contributed by atoms with E-state index in [0.29, 0.717) is 11.7 Å². The minimum absolute atomic E-state index is 0.138. The van der Waals surface area contributed by atoms with Crippen molar-refractivity contribution in [3.8, 4) is 0 Å². The van der Waals surface area contributed by atoms with Gasteiger partial charge in [0.15, 0.2) is 0 Å². The van der Waals surface area contributed by atoms with Gasteiger partial charge in [0, 0.05) is 28.9 Å². The monoisotopic (exact) mass is 331 g/mol. The van der Waals surface area contributed by atoms with Crippen LogP contribution in [0.5, 0.6) is 0 Å². The maximum absolute atomic E-state index is 14.1. The molecular formula is C20H26FNS. The molecule has 0 bridgehead atoms. The van der Waals surface area contributed by atoms with Crippen LogP contribution >= 0.6 is 11.8 Å². The molecule has 1 nitrogen and oxygen atoms in total. The van der Waals surface area contributed by atoms with E-state index in [-0.39, 0.29) is 5.82 Å². The highest BCUT2D eigenvalue weighted by Gasteiger charge is 2.10. The van der Waals surface area contributed by atoms with Crippen molar-refractivity contribution >= 4 is 17.4 Å². The smallest absolute Gasteiger partial charge is 0.129 e. The lowest BCUT2D eigenvalue weighted by Crippen LogP contribution is -1.99. The molecule has 2 aromatic rings. The van der Waals surface area contributed by atoms with Gasteiger partial charge in [0.2, 0.25) is 0 Å². The van der Waals surface area contributed by atoms with E-state index in [2.05, 4.69) is 44.3 Å². The lowest BCUT2D eigenvalue weighted by atomic mass is 10.0. The highest BCUT2D eigenvalue weighted by Crippen LogP contribution is 2.32. The van der Waals surface area contributed by atoms with Crippen molar-refractivity contribution in [3.05, 3.63) is 58.9 Å². The Morgan fingerprint density at radius 2 is 1.96 bits per heavy atom. The summed E-state index contributed by atoms with van der Waals surface area (Å²) in [6.07, 6.45) is 2.08. The predicted octanol–water partition coefficient (Wildman–Crippen LogP) is 5.92. The summed E-state index contributed by atoms with van der Waals surface area (Å²) in [5.41, 5.74) is 4.32. The van der Waals surface area contributed by atoms with Crippen LogP contribution in [0.2, 0.25) is 0 Å². The molecule has 2 rings (SSSR count). The number of anilines is 1. The van der Waals surface area contributed by atoms with Gasteiger partial charge in [0.1, 0.15) is 5.82 Å². The number of nitrogens with one attached hydrogen (secondary N) is 1. The van der Waals surface area contributed by atoms with Crippen LogP contribution in [0, 0.1) is 11.7 Å². The molecule has 1 N–H and O–H groups in total. The van der Waals surface area contributed by atoms with E-state index in [1.807, 2.05) is 13.1 Å². The summed E-state index contributed by atoms with van der Waals surface area (Å²) in [4.78, 5) is 1.27. The van der Waals surface area contributed by atoms with Gasteiger partial charge in [-0.25, -0.2) is 4.39 Å². The van der Waals surface area contributed by atoms with Gasteiger partial charge in [-0.15, -0.1) is 11.8 Å². The molecule has 23 heavy (non-hydrogen) atoms. The standard InChI is InChI=1S/C20H26FNS/c1-5-16-10-9-15(11-14(2)3)12-20(16)23-13-17-18(21)7-6-8-19(17)22-4/h6-10,12,14,22H,5,11,13H2,1-4H3. The molecule has 0 aromatic heterocycles. The topological polar surface area (TPSA) is 12.0 Å². The van der Waals surface area contributed by atoms with Gasteiger partial charge in [-0.05, 0) is 48.1 Å². The van der Waals surface area contributed by atoms with Crippen LogP contribution < -0.4 is 5.32 Å². The second kappa shape index (κ2) is 8.39. The van der Waals surface area contributed by atoms with Gasteiger partial charge in [0.25, 0.3) is 0 Å². The third-order valence-electron chi connectivity index (χ3n) is 3.92. The molecule has 0 aliphatic heterocycles. The van der Waals surface area contributed by atoms with Crippen molar-refractivity contribution in [2.45, 2.75) is 44.3 Å². The Morgan fingerprint density at radius 1 is 1.17 bits per heavy atom. The van der Waals surface area contributed by atoms with E-state index in [9.17, 15) is 4.39 Å². The Balaban J connectivity index is 2.22. The van der Waals surface area contributed by atoms with Crippen molar-refractivity contribution in [1.29, 1.82) is 0 Å². The van der Waals surface area contributed by atoms with Gasteiger partial charge in [0.05, 0.1) is 0 Å². The predicted molar refractivity (Wildman–Crippen MR) is 99.9 cm³/mol. The van der Waals surface area contributed by atoms with Crippen LogP contribution in [0.25, 0.3) is 0 Å². The van der Waals surface area contributed by atoms with Crippen molar-refractivity contribution in [3.63, 3.8) is 0 Å². The van der Waals surface area contributed by atoms with E-state index in [1.165, 1.54) is 22.1 Å². The Bertz CT molecular complexity index is 652. The second-order valence-electron chi connectivity index (χ2n) is 6.20. The summed E-state index contributed by atoms with van der Waals surface area (Å²) in [6.45, 7) is 6.64. The molecule has 0 spiro atoms. The number of aryl methyl sites for hydroxylation is 1. The summed E-state index contributed by atoms with van der Waals surface area (Å²) in [5, 5.41) is 3.09. The third-order valence-corrected chi connectivity index (χ3v) is 5.04. The molecule has 0 fully saturated rings. The normalized spacial score (nSPS) is 11.0. The fourth-order valence-electron chi connectivity index (χ4n) is 2.71. The molecule has 0 radical (unpaired) electrons. The van der Waals surface area contributed by atoms with Gasteiger partial charge in [-0.3, -0.25) is 0 Å². The van der Waals surface area contributed by atoms with Crippen LogP contribution in [0.1, 0.15) is 37.5 Å². The van der Waals surface area contributed by atoms with Crippen molar-refractivity contribution in [1.82, 2.24) is 0 Å². The Labute approximate surface area is 143 Å². The highest BCUT2D eigenvalue weighted by molar-refractivity contribution is 7.98. The molecule has 0 amide bonds. The first-order valence-electron chi connectivity index (χ1n) is 8.24. The quantitative estimate of drug-likeness (QED) is 0.632. The molecule has 2 aromatic carbocycles. The SMILES string of the molecule is CCc1ccc(CC(C)C)cc1SCc1c(F)cccc1NC. The fourth-order valence-corrected chi connectivity index (χ4v) is 3.94. The zero-order valence-corrected chi connectivity index (χ0v) is 15.3. The maximum atomic E-state index is 14.1. The molecular weight excluding hydrogens is 305 g/mol. The average molecular weight is 332 g/mol. The van der Waals surface area contributed by atoms with Crippen molar-refractivity contribution in [2.75, 3.05) is 12.4 Å². The summed E-state index contributed by atoms with van der Waals surface area (Å²) < 4.78 is 14.1. The number of hydrogen-bond acceptors (Lipinski definition) is 2. The zero-order chi connectivity index (χ0) is 16.8. The first-order valence-corrected chi connectivity index (χ1v) is 9.23. The van der Waals surface area contributed by atoms with E-state index in [4.69, 9.17) is 0 Å². The van der Waals surface area contributed by atoms with Gasteiger partial charge >= 0.3 is 0 Å². The minimum Gasteiger partial charge on any atom is -0.388 e. The Morgan fingerprint density at radius 3 is 2.61 bits per heavy atom. The molecule has 0 saturated carbocycles. The second-order valence-corrected chi connectivity index (χ2v) is 7.22. The number of hydrogen-bond donors (Lipinski definition) is 1.